The van der Waals surface area contributed by atoms with Gasteiger partial charge >= 0.3 is 0 Å². The number of rotatable bonds is 6. The first-order chi connectivity index (χ1) is 10.1. The van der Waals surface area contributed by atoms with Gasteiger partial charge in [-0.1, -0.05) is 37.5 Å². The zero-order valence-corrected chi connectivity index (χ0v) is 13.6. The Morgan fingerprint density at radius 3 is 2.76 bits per heavy atom. The highest BCUT2D eigenvalue weighted by atomic mass is 16.5. The molecule has 0 radical (unpaired) electrons. The van der Waals surface area contributed by atoms with E-state index in [0.717, 1.165) is 11.3 Å². The summed E-state index contributed by atoms with van der Waals surface area (Å²) in [5, 5.41) is 13.6. The van der Waals surface area contributed by atoms with Gasteiger partial charge in [-0.3, -0.25) is 0 Å². The minimum absolute atomic E-state index is 0.345. The molecule has 0 aromatic heterocycles. The maximum absolute atomic E-state index is 10.1. The molecule has 2 N–H and O–H groups in total. The number of nitrogens with one attached hydrogen (secondary N) is 1. The van der Waals surface area contributed by atoms with Crippen molar-refractivity contribution in [2.24, 2.45) is 5.92 Å². The van der Waals surface area contributed by atoms with E-state index in [1.54, 1.807) is 0 Å². The normalized spacial score (nSPS) is 23.8. The van der Waals surface area contributed by atoms with Crippen LogP contribution in [0.25, 0.3) is 0 Å². The molecule has 2 rings (SSSR count). The van der Waals surface area contributed by atoms with E-state index in [-0.39, 0.29) is 0 Å². The molecule has 0 amide bonds. The zero-order valence-electron chi connectivity index (χ0n) is 13.6. The molecule has 0 bridgehead atoms. The third kappa shape index (κ3) is 5.01. The van der Waals surface area contributed by atoms with Gasteiger partial charge in [-0.15, -0.1) is 0 Å². The Labute approximate surface area is 128 Å². The highest BCUT2D eigenvalue weighted by Gasteiger charge is 2.21. The van der Waals surface area contributed by atoms with E-state index in [9.17, 15) is 5.11 Å². The molecule has 21 heavy (non-hydrogen) atoms. The first kappa shape index (κ1) is 16.3. The van der Waals surface area contributed by atoms with Crippen molar-refractivity contribution in [2.45, 2.75) is 58.6 Å². The average molecular weight is 291 g/mol. The highest BCUT2D eigenvalue weighted by Crippen LogP contribution is 2.23. The Hall–Kier alpha value is -1.06. The van der Waals surface area contributed by atoms with E-state index >= 15 is 0 Å². The third-order valence-electron chi connectivity index (χ3n) is 4.49. The lowest BCUT2D eigenvalue weighted by molar-refractivity contribution is 0.0982. The number of aryl methyl sites for hydroxylation is 2. The van der Waals surface area contributed by atoms with Crippen molar-refractivity contribution in [3.8, 4) is 5.75 Å². The summed E-state index contributed by atoms with van der Waals surface area (Å²) >= 11 is 0. The van der Waals surface area contributed by atoms with Crippen LogP contribution in [0, 0.1) is 19.8 Å². The van der Waals surface area contributed by atoms with Crippen LogP contribution in [0.5, 0.6) is 5.75 Å². The quantitative estimate of drug-likeness (QED) is 0.845. The monoisotopic (exact) mass is 291 g/mol. The van der Waals surface area contributed by atoms with Gasteiger partial charge in [-0.05, 0) is 44.2 Å². The van der Waals surface area contributed by atoms with Gasteiger partial charge in [0.1, 0.15) is 18.5 Å². The molecule has 3 unspecified atom stereocenters. The van der Waals surface area contributed by atoms with Crippen LogP contribution in [0.3, 0.4) is 0 Å². The summed E-state index contributed by atoms with van der Waals surface area (Å²) in [5.74, 6) is 1.58. The minimum Gasteiger partial charge on any atom is -0.491 e. The highest BCUT2D eigenvalue weighted by molar-refractivity contribution is 5.35. The first-order valence-corrected chi connectivity index (χ1v) is 8.17. The number of benzene rings is 1. The molecule has 0 heterocycles. The zero-order chi connectivity index (χ0) is 15.2. The molecule has 1 saturated carbocycles. The smallest absolute Gasteiger partial charge is 0.122 e. The van der Waals surface area contributed by atoms with E-state index in [1.165, 1.54) is 31.2 Å². The van der Waals surface area contributed by atoms with Crippen LogP contribution in [-0.4, -0.2) is 30.4 Å². The predicted octanol–water partition coefficient (Wildman–Crippen LogP) is 3.21. The van der Waals surface area contributed by atoms with Crippen LogP contribution in [0.4, 0.5) is 0 Å². The molecular formula is C18H29NO2. The van der Waals surface area contributed by atoms with Gasteiger partial charge in [-0.25, -0.2) is 0 Å². The van der Waals surface area contributed by atoms with Crippen LogP contribution in [0.1, 0.15) is 43.7 Å². The Morgan fingerprint density at radius 2 is 2.05 bits per heavy atom. The summed E-state index contributed by atoms with van der Waals surface area (Å²) in [7, 11) is 0. The van der Waals surface area contributed by atoms with Gasteiger partial charge < -0.3 is 15.2 Å². The Bertz CT molecular complexity index is 447. The van der Waals surface area contributed by atoms with E-state index < -0.39 is 6.10 Å². The van der Waals surface area contributed by atoms with E-state index in [4.69, 9.17) is 4.74 Å². The van der Waals surface area contributed by atoms with Gasteiger partial charge in [0.2, 0.25) is 0 Å². The lowest BCUT2D eigenvalue weighted by Crippen LogP contribution is -2.42. The van der Waals surface area contributed by atoms with Crippen LogP contribution < -0.4 is 10.1 Å². The maximum atomic E-state index is 10.1. The van der Waals surface area contributed by atoms with Crippen molar-refractivity contribution < 1.29 is 9.84 Å². The van der Waals surface area contributed by atoms with Crippen molar-refractivity contribution in [1.82, 2.24) is 5.32 Å². The third-order valence-corrected chi connectivity index (χ3v) is 4.49. The van der Waals surface area contributed by atoms with E-state index in [2.05, 4.69) is 25.2 Å². The number of aliphatic hydroxyl groups is 1. The molecule has 3 heteroatoms. The number of hydrogen-bond donors (Lipinski definition) is 2. The molecule has 1 aromatic carbocycles. The lowest BCUT2D eigenvalue weighted by atomic mass is 9.86. The molecule has 0 aliphatic heterocycles. The largest absolute Gasteiger partial charge is 0.491 e. The van der Waals surface area contributed by atoms with Gasteiger partial charge in [-0.2, -0.15) is 0 Å². The van der Waals surface area contributed by atoms with Crippen molar-refractivity contribution in [2.75, 3.05) is 13.2 Å². The first-order valence-electron chi connectivity index (χ1n) is 8.17. The SMILES string of the molecule is Cc1ccc(OCC(O)CNC2CCCCC2C)c(C)c1. The Kier molecular flexibility index (Phi) is 6.07. The summed E-state index contributed by atoms with van der Waals surface area (Å²) in [6, 6.07) is 6.67. The number of ether oxygens (including phenoxy) is 1. The van der Waals surface area contributed by atoms with Crippen LogP contribution >= 0.6 is 0 Å². The number of hydrogen-bond acceptors (Lipinski definition) is 3. The molecule has 1 fully saturated rings. The molecular weight excluding hydrogens is 262 g/mol. The summed E-state index contributed by atoms with van der Waals surface area (Å²) in [5.41, 5.74) is 2.35. The Morgan fingerprint density at radius 1 is 1.29 bits per heavy atom. The Balaban J connectivity index is 1.73. The van der Waals surface area contributed by atoms with Crippen molar-refractivity contribution in [3.05, 3.63) is 29.3 Å². The summed E-state index contributed by atoms with van der Waals surface area (Å²) in [6.07, 6.45) is 4.72. The fourth-order valence-corrected chi connectivity index (χ4v) is 3.11. The average Bonchev–Trinajstić information content (AvgIpc) is 2.45. The van der Waals surface area contributed by atoms with Crippen LogP contribution in [0.15, 0.2) is 18.2 Å². The summed E-state index contributed by atoms with van der Waals surface area (Å²) in [6.45, 7) is 7.37. The molecule has 0 spiro atoms. The lowest BCUT2D eigenvalue weighted by Gasteiger charge is -2.30. The van der Waals surface area contributed by atoms with Crippen LogP contribution in [0.2, 0.25) is 0 Å². The van der Waals surface area contributed by atoms with Crippen LogP contribution in [-0.2, 0) is 0 Å². The fraction of sp³-hybridized carbons (Fsp3) is 0.667. The fourth-order valence-electron chi connectivity index (χ4n) is 3.11. The topological polar surface area (TPSA) is 41.5 Å². The molecule has 1 aliphatic carbocycles. The second kappa shape index (κ2) is 7.81. The molecule has 3 nitrogen and oxygen atoms in total. The van der Waals surface area contributed by atoms with Gasteiger partial charge in [0.05, 0.1) is 0 Å². The molecule has 3 atom stereocenters. The summed E-state index contributed by atoms with van der Waals surface area (Å²) < 4.78 is 5.73. The van der Waals surface area contributed by atoms with Crippen molar-refractivity contribution in [3.63, 3.8) is 0 Å². The predicted molar refractivity (Wildman–Crippen MR) is 86.8 cm³/mol. The standard InChI is InChI=1S/C18H29NO2/c1-13-8-9-18(15(3)10-13)21-12-16(20)11-19-17-7-5-4-6-14(17)2/h8-10,14,16-17,19-20H,4-7,11-12H2,1-3H3. The van der Waals surface area contributed by atoms with Crippen molar-refractivity contribution in [1.29, 1.82) is 0 Å². The second-order valence-electron chi connectivity index (χ2n) is 6.51. The molecule has 0 saturated heterocycles. The molecule has 1 aromatic rings. The van der Waals surface area contributed by atoms with E-state index in [0.29, 0.717) is 25.1 Å². The van der Waals surface area contributed by atoms with Gasteiger partial charge in [0.15, 0.2) is 0 Å². The van der Waals surface area contributed by atoms with Crippen molar-refractivity contribution >= 4 is 0 Å². The number of aliphatic hydroxyl groups excluding tert-OH is 1. The minimum atomic E-state index is -0.458. The summed E-state index contributed by atoms with van der Waals surface area (Å²) in [4.78, 5) is 0. The molecule has 118 valence electrons. The second-order valence-corrected chi connectivity index (χ2v) is 6.51. The van der Waals surface area contributed by atoms with Gasteiger partial charge in [0, 0.05) is 12.6 Å². The maximum Gasteiger partial charge on any atom is 0.122 e. The van der Waals surface area contributed by atoms with Gasteiger partial charge in [0.25, 0.3) is 0 Å². The van der Waals surface area contributed by atoms with E-state index in [1.807, 2.05) is 19.1 Å². The molecule has 1 aliphatic rings.